The molecule has 0 radical (unpaired) electrons. The summed E-state index contributed by atoms with van der Waals surface area (Å²) in [6, 6.07) is 7.19. The molecule has 0 unspecified atom stereocenters. The summed E-state index contributed by atoms with van der Waals surface area (Å²) >= 11 is 11.2. The largest absolute Gasteiger partial charge is 0.464 e. The first-order valence-electron chi connectivity index (χ1n) is 5.25. The van der Waals surface area contributed by atoms with E-state index in [4.69, 9.17) is 27.9 Å². The number of hydrogen-bond acceptors (Lipinski definition) is 3. The van der Waals surface area contributed by atoms with Gasteiger partial charge in [-0.1, -0.05) is 35.3 Å². The van der Waals surface area contributed by atoms with Crippen LogP contribution < -0.4 is 0 Å². The van der Waals surface area contributed by atoms with E-state index in [2.05, 4.69) is 4.74 Å². The maximum atomic E-state index is 10.5. The standard InChI is InChI=1S/C6H4Cl2.C6H12O3/c7-5-3-1-2-4-6(5)8;1-3-8-5-6(7)9-4-2/h1-4H;3-5H2,1-2H3. The predicted molar refractivity (Wildman–Crippen MR) is 69.6 cm³/mol. The third-order valence-electron chi connectivity index (χ3n) is 1.55. The highest BCUT2D eigenvalue weighted by atomic mass is 35.5. The van der Waals surface area contributed by atoms with Crippen molar-refractivity contribution < 1.29 is 14.3 Å². The topological polar surface area (TPSA) is 35.5 Å². The van der Waals surface area contributed by atoms with Crippen molar-refractivity contribution in [1.82, 2.24) is 0 Å². The minimum Gasteiger partial charge on any atom is -0.464 e. The van der Waals surface area contributed by atoms with Crippen molar-refractivity contribution in [3.05, 3.63) is 34.3 Å². The van der Waals surface area contributed by atoms with Gasteiger partial charge in [0.25, 0.3) is 0 Å². The number of benzene rings is 1. The zero-order valence-electron chi connectivity index (χ0n) is 9.91. The Kier molecular flexibility index (Phi) is 9.92. The molecular formula is C12H16Cl2O3. The second kappa shape index (κ2) is 10.4. The van der Waals surface area contributed by atoms with E-state index in [-0.39, 0.29) is 12.6 Å². The van der Waals surface area contributed by atoms with E-state index < -0.39 is 0 Å². The minimum atomic E-state index is -0.292. The van der Waals surface area contributed by atoms with Crippen LogP contribution in [0.1, 0.15) is 13.8 Å². The summed E-state index contributed by atoms with van der Waals surface area (Å²) in [6.45, 7) is 4.65. The zero-order valence-corrected chi connectivity index (χ0v) is 11.4. The fourth-order valence-electron chi connectivity index (χ4n) is 0.827. The van der Waals surface area contributed by atoms with Crippen molar-refractivity contribution in [3.8, 4) is 0 Å². The van der Waals surface area contributed by atoms with E-state index in [1.165, 1.54) is 0 Å². The molecule has 0 heterocycles. The smallest absolute Gasteiger partial charge is 0.332 e. The Bertz CT molecular complexity index is 308. The molecule has 1 aromatic rings. The summed E-state index contributed by atoms with van der Waals surface area (Å²) in [5.74, 6) is -0.292. The van der Waals surface area contributed by atoms with Crippen molar-refractivity contribution >= 4 is 29.2 Å². The van der Waals surface area contributed by atoms with Gasteiger partial charge in [-0.25, -0.2) is 4.79 Å². The molecular weight excluding hydrogens is 263 g/mol. The van der Waals surface area contributed by atoms with Crippen molar-refractivity contribution in [3.63, 3.8) is 0 Å². The van der Waals surface area contributed by atoms with E-state index in [1.807, 2.05) is 19.1 Å². The maximum absolute atomic E-state index is 10.5. The zero-order chi connectivity index (χ0) is 13.1. The Morgan fingerprint density at radius 3 is 2.00 bits per heavy atom. The molecule has 0 aromatic heterocycles. The molecule has 0 bridgehead atoms. The molecule has 0 aliphatic carbocycles. The Balaban J connectivity index is 0.000000302. The van der Waals surface area contributed by atoms with Crippen molar-refractivity contribution in [2.75, 3.05) is 19.8 Å². The quantitative estimate of drug-likeness (QED) is 0.790. The van der Waals surface area contributed by atoms with Gasteiger partial charge in [-0.2, -0.15) is 0 Å². The third-order valence-corrected chi connectivity index (χ3v) is 2.31. The molecule has 0 aliphatic rings. The second-order valence-electron chi connectivity index (χ2n) is 2.86. The number of rotatable bonds is 4. The molecule has 0 saturated heterocycles. The SMILES string of the molecule is CCOCC(=O)OCC.Clc1ccccc1Cl. The number of carbonyl (C=O) groups is 1. The predicted octanol–water partition coefficient (Wildman–Crippen LogP) is 3.58. The number of esters is 1. The molecule has 96 valence electrons. The highest BCUT2D eigenvalue weighted by molar-refractivity contribution is 6.41. The van der Waals surface area contributed by atoms with Crippen LogP contribution in [0.5, 0.6) is 0 Å². The number of halogens is 2. The van der Waals surface area contributed by atoms with E-state index in [0.717, 1.165) is 0 Å². The summed E-state index contributed by atoms with van der Waals surface area (Å²) in [5, 5.41) is 1.21. The van der Waals surface area contributed by atoms with Crippen LogP contribution in [0.25, 0.3) is 0 Å². The molecule has 0 amide bonds. The Labute approximate surface area is 112 Å². The van der Waals surface area contributed by atoms with Crippen LogP contribution in [0.3, 0.4) is 0 Å². The lowest BCUT2D eigenvalue weighted by Crippen LogP contribution is -2.11. The van der Waals surface area contributed by atoms with Crippen molar-refractivity contribution in [1.29, 1.82) is 0 Å². The van der Waals surface area contributed by atoms with Gasteiger partial charge in [0.2, 0.25) is 0 Å². The van der Waals surface area contributed by atoms with Crippen LogP contribution in [0.15, 0.2) is 24.3 Å². The van der Waals surface area contributed by atoms with Crippen LogP contribution in [0.2, 0.25) is 10.0 Å². The molecule has 0 aliphatic heterocycles. The van der Waals surface area contributed by atoms with Gasteiger partial charge < -0.3 is 9.47 Å². The fourth-order valence-corrected chi connectivity index (χ4v) is 1.10. The average Bonchev–Trinajstić information content (AvgIpc) is 2.32. The summed E-state index contributed by atoms with van der Waals surface area (Å²) in [6.07, 6.45) is 0. The van der Waals surface area contributed by atoms with Gasteiger partial charge in [-0.05, 0) is 26.0 Å². The molecule has 17 heavy (non-hydrogen) atoms. The lowest BCUT2D eigenvalue weighted by molar-refractivity contribution is -0.148. The van der Waals surface area contributed by atoms with Gasteiger partial charge in [0.15, 0.2) is 0 Å². The third kappa shape index (κ3) is 8.98. The van der Waals surface area contributed by atoms with Crippen LogP contribution >= 0.6 is 23.2 Å². The molecule has 1 aromatic carbocycles. The number of carbonyl (C=O) groups excluding carboxylic acids is 1. The van der Waals surface area contributed by atoms with Gasteiger partial charge in [-0.3, -0.25) is 0 Å². The van der Waals surface area contributed by atoms with E-state index in [9.17, 15) is 4.79 Å². The van der Waals surface area contributed by atoms with Gasteiger partial charge in [0.05, 0.1) is 16.7 Å². The average molecular weight is 279 g/mol. The first kappa shape index (κ1) is 16.2. The van der Waals surface area contributed by atoms with Crippen molar-refractivity contribution in [2.24, 2.45) is 0 Å². The minimum absolute atomic E-state index is 0.0737. The van der Waals surface area contributed by atoms with Gasteiger partial charge >= 0.3 is 5.97 Å². The van der Waals surface area contributed by atoms with Gasteiger partial charge in [0.1, 0.15) is 6.61 Å². The van der Waals surface area contributed by atoms with Crippen LogP contribution in [0.4, 0.5) is 0 Å². The first-order valence-corrected chi connectivity index (χ1v) is 6.00. The molecule has 0 saturated carbocycles. The lowest BCUT2D eigenvalue weighted by atomic mass is 10.4. The molecule has 3 nitrogen and oxygen atoms in total. The first-order chi connectivity index (χ1) is 8.11. The van der Waals surface area contributed by atoms with Gasteiger partial charge in [-0.15, -0.1) is 0 Å². The van der Waals surface area contributed by atoms with E-state index in [1.54, 1.807) is 19.1 Å². The van der Waals surface area contributed by atoms with E-state index >= 15 is 0 Å². The highest BCUT2D eigenvalue weighted by Gasteiger charge is 1.97. The molecule has 0 N–H and O–H groups in total. The molecule has 0 atom stereocenters. The molecule has 0 fully saturated rings. The lowest BCUT2D eigenvalue weighted by Gasteiger charge is -1.99. The number of ether oxygens (including phenoxy) is 2. The Morgan fingerprint density at radius 2 is 1.65 bits per heavy atom. The molecule has 1 rings (SSSR count). The van der Waals surface area contributed by atoms with Crippen molar-refractivity contribution in [2.45, 2.75) is 13.8 Å². The summed E-state index contributed by atoms with van der Waals surface area (Å²) < 4.78 is 9.35. The molecule has 0 spiro atoms. The highest BCUT2D eigenvalue weighted by Crippen LogP contribution is 2.19. The van der Waals surface area contributed by atoms with Crippen LogP contribution in [0, 0.1) is 0 Å². The number of hydrogen-bond donors (Lipinski definition) is 0. The normalized spacial score (nSPS) is 9.18. The van der Waals surface area contributed by atoms with Gasteiger partial charge in [0, 0.05) is 6.61 Å². The summed E-state index contributed by atoms with van der Waals surface area (Å²) in [4.78, 5) is 10.5. The Morgan fingerprint density at radius 1 is 1.12 bits per heavy atom. The second-order valence-corrected chi connectivity index (χ2v) is 3.67. The summed E-state index contributed by atoms with van der Waals surface area (Å²) in [7, 11) is 0. The maximum Gasteiger partial charge on any atom is 0.332 e. The monoisotopic (exact) mass is 278 g/mol. The Hall–Kier alpha value is -0.770. The fraction of sp³-hybridized carbons (Fsp3) is 0.417. The van der Waals surface area contributed by atoms with E-state index in [0.29, 0.717) is 23.3 Å². The summed E-state index contributed by atoms with van der Waals surface area (Å²) in [5.41, 5.74) is 0. The molecule has 5 heteroatoms. The van der Waals surface area contributed by atoms with Crippen LogP contribution in [-0.2, 0) is 14.3 Å². The van der Waals surface area contributed by atoms with Crippen LogP contribution in [-0.4, -0.2) is 25.8 Å².